The molecule has 8 heteroatoms. The second kappa shape index (κ2) is 7.72. The van der Waals surface area contributed by atoms with E-state index in [0.29, 0.717) is 17.4 Å². The van der Waals surface area contributed by atoms with Crippen molar-refractivity contribution < 1.29 is 8.42 Å². The van der Waals surface area contributed by atoms with Crippen molar-refractivity contribution in [2.75, 3.05) is 5.32 Å². The molecule has 2 aromatic rings. The first-order valence-electron chi connectivity index (χ1n) is 7.13. The number of nitrogens with zero attached hydrogens (tertiary/aromatic N) is 2. The van der Waals surface area contributed by atoms with Crippen LogP contribution in [0.4, 0.5) is 5.82 Å². The number of nitrogens with one attached hydrogen (secondary N) is 2. The summed E-state index contributed by atoms with van der Waals surface area (Å²) < 4.78 is 26.3. The zero-order valence-corrected chi connectivity index (χ0v) is 14.5. The summed E-state index contributed by atoms with van der Waals surface area (Å²) in [5.41, 5.74) is 1.74. The molecule has 0 aliphatic rings. The molecule has 0 bridgehead atoms. The molecule has 2 N–H and O–H groups in total. The average Bonchev–Trinajstić information content (AvgIpc) is 2.46. The van der Waals surface area contributed by atoms with Gasteiger partial charge in [0, 0.05) is 12.6 Å². The molecule has 0 unspecified atom stereocenters. The first kappa shape index (κ1) is 17.7. The Morgan fingerprint density at radius 3 is 2.43 bits per heavy atom. The lowest BCUT2D eigenvalue weighted by Crippen LogP contribution is -2.31. The minimum atomic E-state index is -3.31. The van der Waals surface area contributed by atoms with Crippen LogP contribution in [0.15, 0.2) is 36.8 Å². The Kier molecular flexibility index (Phi) is 5.92. The molecule has 1 heterocycles. The van der Waals surface area contributed by atoms with Gasteiger partial charge in [-0.15, -0.1) is 0 Å². The zero-order valence-electron chi connectivity index (χ0n) is 13.0. The highest BCUT2D eigenvalue weighted by Crippen LogP contribution is 2.17. The first-order chi connectivity index (χ1) is 10.9. The Balaban J connectivity index is 1.96. The average molecular weight is 355 g/mol. The Hall–Kier alpha value is -1.70. The van der Waals surface area contributed by atoms with E-state index >= 15 is 0 Å². The van der Waals surface area contributed by atoms with E-state index in [1.54, 1.807) is 26.0 Å². The van der Waals surface area contributed by atoms with Crippen LogP contribution in [-0.4, -0.2) is 24.4 Å². The zero-order chi connectivity index (χ0) is 16.9. The lowest BCUT2D eigenvalue weighted by molar-refractivity contribution is 0.569. The topological polar surface area (TPSA) is 84.0 Å². The quantitative estimate of drug-likeness (QED) is 0.798. The van der Waals surface area contributed by atoms with E-state index in [4.69, 9.17) is 11.6 Å². The van der Waals surface area contributed by atoms with E-state index in [9.17, 15) is 8.42 Å². The molecule has 2 rings (SSSR count). The van der Waals surface area contributed by atoms with Gasteiger partial charge in [-0.25, -0.2) is 23.1 Å². The van der Waals surface area contributed by atoms with Gasteiger partial charge in [0.05, 0.1) is 11.9 Å². The molecule has 6 nitrogen and oxygen atoms in total. The van der Waals surface area contributed by atoms with Gasteiger partial charge in [-0.3, -0.25) is 0 Å². The summed E-state index contributed by atoms with van der Waals surface area (Å²) in [5, 5.41) is 3.56. The van der Waals surface area contributed by atoms with Crippen LogP contribution >= 0.6 is 11.6 Å². The summed E-state index contributed by atoms with van der Waals surface area (Å²) in [6.45, 7) is 4.13. The SMILES string of the molecule is CC(C)NS(=O)(=O)Cc1ccc(CNc2ncncc2Cl)cc1. The number of anilines is 1. The molecule has 124 valence electrons. The van der Waals surface area contributed by atoms with Crippen LogP contribution in [0.1, 0.15) is 25.0 Å². The maximum Gasteiger partial charge on any atom is 0.216 e. The van der Waals surface area contributed by atoms with Crippen LogP contribution in [0.2, 0.25) is 5.02 Å². The van der Waals surface area contributed by atoms with Crippen molar-refractivity contribution in [1.82, 2.24) is 14.7 Å². The maximum atomic E-state index is 11.9. The van der Waals surface area contributed by atoms with Crippen molar-refractivity contribution in [2.45, 2.75) is 32.2 Å². The molecule has 23 heavy (non-hydrogen) atoms. The third-order valence-corrected chi connectivity index (χ3v) is 4.74. The van der Waals surface area contributed by atoms with E-state index < -0.39 is 10.0 Å². The van der Waals surface area contributed by atoms with E-state index in [2.05, 4.69) is 20.0 Å². The fourth-order valence-electron chi connectivity index (χ4n) is 2.00. The first-order valence-corrected chi connectivity index (χ1v) is 9.16. The van der Waals surface area contributed by atoms with Crippen molar-refractivity contribution >= 4 is 27.4 Å². The highest BCUT2D eigenvalue weighted by atomic mass is 35.5. The predicted octanol–water partition coefficient (Wildman–Crippen LogP) is 2.57. The lowest BCUT2D eigenvalue weighted by atomic mass is 10.1. The van der Waals surface area contributed by atoms with E-state index in [1.165, 1.54) is 12.5 Å². The minimum Gasteiger partial charge on any atom is -0.365 e. The molecular formula is C15H19ClN4O2S. The molecule has 0 aliphatic carbocycles. The molecule has 0 fully saturated rings. The molecule has 1 aromatic carbocycles. The van der Waals surface area contributed by atoms with Crippen LogP contribution in [0.5, 0.6) is 0 Å². The van der Waals surface area contributed by atoms with Gasteiger partial charge >= 0.3 is 0 Å². The van der Waals surface area contributed by atoms with Gasteiger partial charge in [0.25, 0.3) is 0 Å². The number of aromatic nitrogens is 2. The monoisotopic (exact) mass is 354 g/mol. The fourth-order valence-corrected chi connectivity index (χ4v) is 3.61. The fraction of sp³-hybridized carbons (Fsp3) is 0.333. The molecule has 0 saturated heterocycles. The van der Waals surface area contributed by atoms with E-state index in [0.717, 1.165) is 11.1 Å². The number of benzene rings is 1. The summed E-state index contributed by atoms with van der Waals surface area (Å²) in [6.07, 6.45) is 2.94. The molecular weight excluding hydrogens is 336 g/mol. The summed E-state index contributed by atoms with van der Waals surface area (Å²) in [6, 6.07) is 7.25. The Labute approximate surface area is 141 Å². The van der Waals surface area contributed by atoms with Gasteiger partial charge in [-0.2, -0.15) is 0 Å². The minimum absolute atomic E-state index is 0.0311. The third kappa shape index (κ3) is 5.78. The number of rotatable bonds is 7. The van der Waals surface area contributed by atoms with Gasteiger partial charge < -0.3 is 5.32 Å². The second-order valence-corrected chi connectivity index (χ2v) is 7.58. The van der Waals surface area contributed by atoms with Crippen LogP contribution < -0.4 is 10.0 Å². The van der Waals surface area contributed by atoms with E-state index in [1.807, 2.05) is 12.1 Å². The standard InChI is InChI=1S/C15H19ClN4O2S/c1-11(2)20-23(21,22)9-13-5-3-12(4-6-13)7-18-15-14(16)8-17-10-19-15/h3-6,8,10-11,20H,7,9H2,1-2H3,(H,17,18,19). The van der Waals surface area contributed by atoms with Crippen molar-refractivity contribution in [1.29, 1.82) is 0 Å². The smallest absolute Gasteiger partial charge is 0.216 e. The normalized spacial score (nSPS) is 11.7. The Morgan fingerprint density at radius 1 is 1.17 bits per heavy atom. The van der Waals surface area contributed by atoms with Crippen molar-refractivity contribution in [3.05, 3.63) is 52.9 Å². The van der Waals surface area contributed by atoms with Crippen LogP contribution in [0, 0.1) is 0 Å². The Morgan fingerprint density at radius 2 is 1.83 bits per heavy atom. The van der Waals surface area contributed by atoms with Gasteiger partial charge in [0.1, 0.15) is 17.2 Å². The van der Waals surface area contributed by atoms with Gasteiger partial charge in [0.2, 0.25) is 10.0 Å². The third-order valence-electron chi connectivity index (χ3n) is 2.92. The molecule has 0 saturated carbocycles. The predicted molar refractivity (Wildman–Crippen MR) is 91.7 cm³/mol. The summed E-state index contributed by atoms with van der Waals surface area (Å²) >= 11 is 5.97. The highest BCUT2D eigenvalue weighted by molar-refractivity contribution is 7.88. The van der Waals surface area contributed by atoms with Gasteiger partial charge in [-0.1, -0.05) is 35.9 Å². The maximum absolute atomic E-state index is 11.9. The van der Waals surface area contributed by atoms with Crippen molar-refractivity contribution in [3.63, 3.8) is 0 Å². The number of halogens is 1. The molecule has 1 aromatic heterocycles. The number of sulfonamides is 1. The van der Waals surface area contributed by atoms with Gasteiger partial charge in [0.15, 0.2) is 0 Å². The summed E-state index contributed by atoms with van der Waals surface area (Å²) in [7, 11) is -3.31. The molecule has 0 aliphatic heterocycles. The van der Waals surface area contributed by atoms with E-state index in [-0.39, 0.29) is 11.8 Å². The molecule has 0 radical (unpaired) electrons. The highest BCUT2D eigenvalue weighted by Gasteiger charge is 2.12. The number of hydrogen-bond acceptors (Lipinski definition) is 5. The van der Waals surface area contributed by atoms with Crippen LogP contribution in [0.25, 0.3) is 0 Å². The van der Waals surface area contributed by atoms with Crippen LogP contribution in [-0.2, 0) is 22.3 Å². The largest absolute Gasteiger partial charge is 0.365 e. The van der Waals surface area contributed by atoms with Gasteiger partial charge in [-0.05, 0) is 25.0 Å². The lowest BCUT2D eigenvalue weighted by Gasteiger charge is -2.10. The molecule has 0 atom stereocenters. The van der Waals surface area contributed by atoms with Crippen LogP contribution in [0.3, 0.4) is 0 Å². The van der Waals surface area contributed by atoms with Crippen molar-refractivity contribution in [3.8, 4) is 0 Å². The van der Waals surface area contributed by atoms with Crippen molar-refractivity contribution in [2.24, 2.45) is 0 Å². The summed E-state index contributed by atoms with van der Waals surface area (Å²) in [4.78, 5) is 7.87. The molecule has 0 amide bonds. The molecule has 0 spiro atoms. The second-order valence-electron chi connectivity index (χ2n) is 5.42. The Bertz CT molecular complexity index is 748. The number of hydrogen-bond donors (Lipinski definition) is 2. The summed E-state index contributed by atoms with van der Waals surface area (Å²) in [5.74, 6) is 0.533.